The molecule has 3 aromatic rings. The Bertz CT molecular complexity index is 1040. The topological polar surface area (TPSA) is 0 Å². The lowest BCUT2D eigenvalue weighted by atomic mass is 9.78. The monoisotopic (exact) mass is 412 g/mol. The third-order valence-electron chi connectivity index (χ3n) is 6.97. The smallest absolute Gasteiger partial charge is 0.134 e. The van der Waals surface area contributed by atoms with Crippen LogP contribution in [-0.4, -0.2) is 0 Å². The van der Waals surface area contributed by atoms with Crippen LogP contribution in [0.5, 0.6) is 0 Å². The zero-order valence-corrected chi connectivity index (χ0v) is 18.5. The average molecular weight is 413 g/mol. The second-order valence-corrected chi connectivity index (χ2v) is 9.01. The van der Waals surface area contributed by atoms with E-state index < -0.39 is 0 Å². The second-order valence-electron chi connectivity index (χ2n) is 9.01. The molecule has 160 valence electrons. The number of halogens is 1. The van der Waals surface area contributed by atoms with Crippen molar-refractivity contribution in [3.05, 3.63) is 108 Å². The highest BCUT2D eigenvalue weighted by molar-refractivity contribution is 5.84. The normalized spacial score (nSPS) is 18.7. The minimum atomic E-state index is -0.0663. The quantitative estimate of drug-likeness (QED) is 0.326. The molecule has 1 aliphatic rings. The van der Waals surface area contributed by atoms with Crippen LogP contribution in [0, 0.1) is 11.7 Å². The molecule has 3 aromatic carbocycles. The summed E-state index contributed by atoms with van der Waals surface area (Å²) in [6, 6.07) is 19.1. The Kier molecular flexibility index (Phi) is 7.02. The Morgan fingerprint density at radius 1 is 0.806 bits per heavy atom. The number of aryl methyl sites for hydroxylation is 3. The van der Waals surface area contributed by atoms with E-state index >= 15 is 4.39 Å². The van der Waals surface area contributed by atoms with Crippen LogP contribution >= 0.6 is 0 Å². The lowest BCUT2D eigenvalue weighted by molar-refractivity contribution is 0.376. The highest BCUT2D eigenvalue weighted by Gasteiger charge is 2.20. The van der Waals surface area contributed by atoms with Gasteiger partial charge >= 0.3 is 0 Å². The van der Waals surface area contributed by atoms with E-state index in [2.05, 4.69) is 55.6 Å². The maximum Gasteiger partial charge on any atom is 0.134 e. The summed E-state index contributed by atoms with van der Waals surface area (Å²) >= 11 is 0. The molecule has 0 radical (unpaired) electrons. The van der Waals surface area contributed by atoms with E-state index in [9.17, 15) is 0 Å². The Labute approximate surface area is 186 Å². The lowest BCUT2D eigenvalue weighted by Gasteiger charge is -2.27. The Hall–Kier alpha value is -2.67. The van der Waals surface area contributed by atoms with Gasteiger partial charge in [-0.2, -0.15) is 0 Å². The number of benzene rings is 3. The number of hydrogen-bond acceptors (Lipinski definition) is 0. The standard InChI is InChI=1S/C30H33F/c1-3-5-6-24-12-20-29-28(21-24)19-18-27(30(29)31)17-11-23-9-15-26(16-10-23)25-13-7-22(4-2)8-14-25/h3-4,9-10,12,15-16,18-22,25H,1-2,5-8,11,13-14,17H2. The summed E-state index contributed by atoms with van der Waals surface area (Å²) in [6.45, 7) is 7.73. The number of allylic oxidation sites excluding steroid dienone is 2. The van der Waals surface area contributed by atoms with Crippen LogP contribution in [0.3, 0.4) is 0 Å². The number of rotatable bonds is 8. The lowest BCUT2D eigenvalue weighted by Crippen LogP contribution is -2.11. The predicted octanol–water partition coefficient (Wildman–Crippen LogP) is 8.34. The van der Waals surface area contributed by atoms with Crippen molar-refractivity contribution >= 4 is 10.8 Å². The van der Waals surface area contributed by atoms with Crippen molar-refractivity contribution in [1.29, 1.82) is 0 Å². The van der Waals surface area contributed by atoms with Gasteiger partial charge in [0.1, 0.15) is 5.82 Å². The molecule has 0 aromatic heterocycles. The number of hydrogen-bond donors (Lipinski definition) is 0. The van der Waals surface area contributed by atoms with E-state index in [1.54, 1.807) is 0 Å². The number of fused-ring (bicyclic) bond motifs is 1. The molecule has 0 spiro atoms. The van der Waals surface area contributed by atoms with E-state index in [-0.39, 0.29) is 5.82 Å². The first-order valence-corrected chi connectivity index (χ1v) is 11.7. The minimum Gasteiger partial charge on any atom is -0.206 e. The van der Waals surface area contributed by atoms with Crippen LogP contribution in [-0.2, 0) is 19.3 Å². The summed E-state index contributed by atoms with van der Waals surface area (Å²) in [4.78, 5) is 0. The van der Waals surface area contributed by atoms with Crippen molar-refractivity contribution in [3.8, 4) is 0 Å². The van der Waals surface area contributed by atoms with Gasteiger partial charge in [0.05, 0.1) is 0 Å². The van der Waals surface area contributed by atoms with Gasteiger partial charge in [0.2, 0.25) is 0 Å². The molecule has 1 aliphatic carbocycles. The summed E-state index contributed by atoms with van der Waals surface area (Å²) in [7, 11) is 0. The second kappa shape index (κ2) is 10.1. The van der Waals surface area contributed by atoms with Crippen LogP contribution in [0.25, 0.3) is 10.8 Å². The van der Waals surface area contributed by atoms with Crippen molar-refractivity contribution < 1.29 is 4.39 Å². The maximum atomic E-state index is 15.1. The molecule has 31 heavy (non-hydrogen) atoms. The van der Waals surface area contributed by atoms with Gasteiger partial charge in [-0.05, 0) is 90.8 Å². The van der Waals surface area contributed by atoms with Crippen molar-refractivity contribution in [2.24, 2.45) is 5.92 Å². The van der Waals surface area contributed by atoms with Crippen molar-refractivity contribution in [2.75, 3.05) is 0 Å². The van der Waals surface area contributed by atoms with Crippen molar-refractivity contribution in [2.45, 2.75) is 57.3 Å². The molecule has 0 bridgehead atoms. The van der Waals surface area contributed by atoms with E-state index in [0.717, 1.165) is 42.0 Å². The van der Waals surface area contributed by atoms with Gasteiger partial charge in [-0.3, -0.25) is 0 Å². The fourth-order valence-electron chi connectivity index (χ4n) is 4.93. The minimum absolute atomic E-state index is 0.0663. The molecular formula is C30H33F. The third kappa shape index (κ3) is 5.15. The van der Waals surface area contributed by atoms with Gasteiger partial charge in [0, 0.05) is 5.39 Å². The van der Waals surface area contributed by atoms with E-state index in [1.165, 1.54) is 42.4 Å². The summed E-state index contributed by atoms with van der Waals surface area (Å²) in [5.74, 6) is 1.31. The zero-order chi connectivity index (χ0) is 21.6. The molecule has 0 saturated heterocycles. The van der Waals surface area contributed by atoms with Gasteiger partial charge in [0.25, 0.3) is 0 Å². The van der Waals surface area contributed by atoms with Crippen LogP contribution in [0.4, 0.5) is 4.39 Å². The fraction of sp³-hybridized carbons (Fsp3) is 0.333. The van der Waals surface area contributed by atoms with Crippen molar-refractivity contribution in [3.63, 3.8) is 0 Å². The summed E-state index contributed by atoms with van der Waals surface area (Å²) < 4.78 is 15.1. The van der Waals surface area contributed by atoms with Gasteiger partial charge in [-0.15, -0.1) is 13.2 Å². The molecule has 4 rings (SSSR count). The fourth-order valence-corrected chi connectivity index (χ4v) is 4.93. The van der Waals surface area contributed by atoms with Gasteiger partial charge in [-0.25, -0.2) is 4.39 Å². The van der Waals surface area contributed by atoms with Crippen LogP contribution in [0.2, 0.25) is 0 Å². The molecule has 0 amide bonds. The zero-order valence-electron chi connectivity index (χ0n) is 18.5. The first kappa shape index (κ1) is 21.6. The molecule has 1 saturated carbocycles. The molecule has 0 atom stereocenters. The van der Waals surface area contributed by atoms with E-state index in [1.807, 2.05) is 24.3 Å². The van der Waals surface area contributed by atoms with Crippen molar-refractivity contribution in [1.82, 2.24) is 0 Å². The van der Waals surface area contributed by atoms with Crippen LogP contribution in [0.1, 0.15) is 60.3 Å². The van der Waals surface area contributed by atoms with Gasteiger partial charge in [-0.1, -0.05) is 66.7 Å². The molecule has 0 aliphatic heterocycles. The molecule has 0 heterocycles. The highest BCUT2D eigenvalue weighted by Crippen LogP contribution is 2.36. The highest BCUT2D eigenvalue weighted by atomic mass is 19.1. The van der Waals surface area contributed by atoms with E-state index in [4.69, 9.17) is 0 Å². The summed E-state index contributed by atoms with van der Waals surface area (Å²) in [5.41, 5.74) is 4.77. The Balaban J connectivity index is 1.40. The Morgan fingerprint density at radius 2 is 1.55 bits per heavy atom. The predicted molar refractivity (Wildman–Crippen MR) is 131 cm³/mol. The first-order valence-electron chi connectivity index (χ1n) is 11.7. The van der Waals surface area contributed by atoms with Crippen LogP contribution < -0.4 is 0 Å². The average Bonchev–Trinajstić information content (AvgIpc) is 2.82. The first-order chi connectivity index (χ1) is 15.2. The molecular weight excluding hydrogens is 379 g/mol. The SMILES string of the molecule is C=CCCc1ccc2c(F)c(CCc3ccc(C4CCC(C=C)CC4)cc3)ccc2c1. The molecule has 1 heteroatoms. The van der Waals surface area contributed by atoms with E-state index in [0.29, 0.717) is 11.8 Å². The van der Waals surface area contributed by atoms with Gasteiger partial charge < -0.3 is 0 Å². The summed E-state index contributed by atoms with van der Waals surface area (Å²) in [5, 5.41) is 1.71. The summed E-state index contributed by atoms with van der Waals surface area (Å²) in [6.07, 6.45) is 12.6. The third-order valence-corrected chi connectivity index (χ3v) is 6.97. The van der Waals surface area contributed by atoms with Crippen LogP contribution in [0.15, 0.2) is 79.9 Å². The van der Waals surface area contributed by atoms with Gasteiger partial charge in [0.15, 0.2) is 0 Å². The maximum absolute atomic E-state index is 15.1. The molecule has 0 N–H and O–H groups in total. The largest absolute Gasteiger partial charge is 0.206 e. The molecule has 1 fully saturated rings. The molecule has 0 unspecified atom stereocenters. The molecule has 0 nitrogen and oxygen atoms in total. The Morgan fingerprint density at radius 3 is 2.26 bits per heavy atom.